The first-order valence-corrected chi connectivity index (χ1v) is 17.4. The van der Waals surface area contributed by atoms with Crippen molar-refractivity contribution in [1.82, 2.24) is 5.32 Å². The van der Waals surface area contributed by atoms with Gasteiger partial charge in [0.1, 0.15) is 5.60 Å². The number of aliphatic hydroxyl groups excluding tert-OH is 1. The molecular weight excluding hydrogens is 630 g/mol. The second-order valence-electron chi connectivity index (χ2n) is 13.8. The number of hydrogen-bond donors (Lipinski definition) is 3. The Morgan fingerprint density at radius 3 is 2.08 bits per heavy atom. The van der Waals surface area contributed by atoms with E-state index in [0.29, 0.717) is 12.1 Å². The van der Waals surface area contributed by atoms with Crippen molar-refractivity contribution < 1.29 is 34.0 Å². The Bertz CT molecular complexity index is 1320. The van der Waals surface area contributed by atoms with Crippen LogP contribution in [0.5, 0.6) is 0 Å². The third kappa shape index (κ3) is 23.6. The third-order valence-electron chi connectivity index (χ3n) is 7.59. The van der Waals surface area contributed by atoms with Crippen LogP contribution in [0.4, 0.5) is 4.79 Å². The van der Waals surface area contributed by atoms with E-state index in [9.17, 15) is 14.7 Å². The lowest BCUT2D eigenvalue weighted by molar-refractivity contribution is -0.132. The summed E-state index contributed by atoms with van der Waals surface area (Å²) in [6, 6.07) is 0. The van der Waals surface area contributed by atoms with Crippen LogP contribution in [-0.4, -0.2) is 67.0 Å². The number of aliphatic carboxylic acids is 1. The zero-order valence-corrected chi connectivity index (χ0v) is 32.7. The summed E-state index contributed by atoms with van der Waals surface area (Å²) in [7, 11) is 3.40. The van der Waals surface area contributed by atoms with Crippen LogP contribution in [0.15, 0.2) is 107 Å². The van der Waals surface area contributed by atoms with Gasteiger partial charge >= 0.3 is 12.1 Å². The molecule has 0 fully saturated rings. The third-order valence-corrected chi connectivity index (χ3v) is 7.59. The number of carboxylic acids is 1. The molecule has 0 unspecified atom stereocenters. The second-order valence-corrected chi connectivity index (χ2v) is 13.8. The Kier molecular flexibility index (Phi) is 23.4. The molecule has 0 saturated carbocycles. The van der Waals surface area contributed by atoms with E-state index in [0.717, 1.165) is 36.0 Å². The van der Waals surface area contributed by atoms with Gasteiger partial charge in [0.2, 0.25) is 0 Å². The van der Waals surface area contributed by atoms with Gasteiger partial charge in [0, 0.05) is 32.3 Å². The lowest BCUT2D eigenvalue weighted by Gasteiger charge is -2.19. The van der Waals surface area contributed by atoms with Gasteiger partial charge in [0.15, 0.2) is 0 Å². The predicted octanol–water partition coefficient (Wildman–Crippen LogP) is 9.39. The molecule has 0 rings (SSSR count). The topological polar surface area (TPSA) is 114 Å². The minimum absolute atomic E-state index is 0.0236. The number of carbonyl (C=O) groups is 2. The maximum atomic E-state index is 11.8. The SMILES string of the molecule is CO[C@H](/C=C(C)/C=C/[C@@H](C)/C=C(\C)C(=O)O)C/C=C/C(C)=C\CC[C@@H](/C=C/C=C/[C@H](C)[C@H](O)/C(C)=C/C=C(\C)CNC(=O)OC(C)(C)C)OC. The molecular formula is C42H65NO7. The van der Waals surface area contributed by atoms with Crippen molar-refractivity contribution in [2.75, 3.05) is 20.8 Å². The number of carboxylic acid groups (broad SMARTS) is 1. The van der Waals surface area contributed by atoms with E-state index in [1.165, 1.54) is 5.57 Å². The molecule has 1 amide bonds. The van der Waals surface area contributed by atoms with Gasteiger partial charge in [0.05, 0.1) is 18.3 Å². The lowest BCUT2D eigenvalue weighted by atomic mass is 9.97. The highest BCUT2D eigenvalue weighted by molar-refractivity contribution is 5.85. The number of allylic oxidation sites excluding steroid dienone is 11. The maximum Gasteiger partial charge on any atom is 0.407 e. The number of rotatable bonds is 21. The fourth-order valence-corrected chi connectivity index (χ4v) is 4.53. The molecule has 8 heteroatoms. The normalized spacial score (nSPS) is 17.5. The van der Waals surface area contributed by atoms with Crippen molar-refractivity contribution in [3.05, 3.63) is 107 Å². The monoisotopic (exact) mass is 695 g/mol. The predicted molar refractivity (Wildman–Crippen MR) is 207 cm³/mol. The van der Waals surface area contributed by atoms with Crippen LogP contribution in [-0.2, 0) is 19.0 Å². The summed E-state index contributed by atoms with van der Waals surface area (Å²) < 4.78 is 16.5. The van der Waals surface area contributed by atoms with Gasteiger partial charge < -0.3 is 29.7 Å². The van der Waals surface area contributed by atoms with Crippen LogP contribution >= 0.6 is 0 Å². The number of nitrogens with one attached hydrogen (secondary N) is 1. The molecule has 0 aliphatic heterocycles. The highest BCUT2D eigenvalue weighted by Gasteiger charge is 2.16. The van der Waals surface area contributed by atoms with Gasteiger partial charge in [-0.3, -0.25) is 0 Å². The minimum atomic E-state index is -0.899. The van der Waals surface area contributed by atoms with Crippen LogP contribution in [0, 0.1) is 11.8 Å². The first kappa shape index (κ1) is 46.3. The van der Waals surface area contributed by atoms with Crippen LogP contribution < -0.4 is 5.32 Å². The summed E-state index contributed by atoms with van der Waals surface area (Å²) in [6.07, 6.45) is 27.1. The standard InChI is InChI=1S/C42H65NO7/c1-30(18-16-22-38(49-12)28-32(3)24-23-31(2)27-36(7)40(45)46)17-15-21-37(48-11)20-14-13-19-34(5)39(44)35(6)26-25-33(4)29-43-41(47)50-42(8,9)10/h13-14,16-20,23-28,31,34,37-39,44H,15,21-22,29H2,1-12H3,(H,43,47)(H,45,46)/b18-16+,19-13+,20-14+,24-23+,30-17-,32-28+,33-25+,35-26+,36-27+/t31-,34+,37-,38+,39+/m1/s1. The first-order valence-electron chi connectivity index (χ1n) is 17.4. The Hall–Kier alpha value is -3.72. The minimum Gasteiger partial charge on any atom is -0.478 e. The van der Waals surface area contributed by atoms with Crippen molar-refractivity contribution >= 4 is 12.1 Å². The van der Waals surface area contributed by atoms with E-state index in [4.69, 9.17) is 19.3 Å². The van der Waals surface area contributed by atoms with Crippen LogP contribution in [0.1, 0.15) is 88.5 Å². The zero-order valence-electron chi connectivity index (χ0n) is 32.7. The van der Waals surface area contributed by atoms with Gasteiger partial charge in [0.25, 0.3) is 0 Å². The molecule has 0 aromatic carbocycles. The zero-order chi connectivity index (χ0) is 38.3. The summed E-state index contributed by atoms with van der Waals surface area (Å²) in [6.45, 7) is 19.3. The fourth-order valence-electron chi connectivity index (χ4n) is 4.53. The quantitative estimate of drug-likeness (QED) is 0.0810. The summed E-state index contributed by atoms with van der Waals surface area (Å²) in [5, 5.41) is 22.5. The molecule has 0 aromatic heterocycles. The van der Waals surface area contributed by atoms with Crippen LogP contribution in [0.3, 0.4) is 0 Å². The Balaban J connectivity index is 4.88. The molecule has 0 bridgehead atoms. The number of aliphatic hydroxyl groups is 1. The number of amides is 1. The molecule has 0 saturated heterocycles. The largest absolute Gasteiger partial charge is 0.478 e. The average Bonchev–Trinajstić information content (AvgIpc) is 3.04. The fraction of sp³-hybridized carbons (Fsp3) is 0.524. The Morgan fingerprint density at radius 2 is 1.48 bits per heavy atom. The molecule has 0 aliphatic rings. The molecule has 3 N–H and O–H groups in total. The average molecular weight is 696 g/mol. The second kappa shape index (κ2) is 25.3. The van der Waals surface area contributed by atoms with Crippen molar-refractivity contribution in [2.45, 2.75) is 112 Å². The summed E-state index contributed by atoms with van der Waals surface area (Å²) in [4.78, 5) is 22.9. The molecule has 0 aliphatic carbocycles. The lowest BCUT2D eigenvalue weighted by Crippen LogP contribution is -2.33. The number of methoxy groups -OCH3 is 2. The molecule has 0 spiro atoms. The summed E-state index contributed by atoms with van der Waals surface area (Å²) in [5.74, 6) is -0.961. The van der Waals surface area contributed by atoms with Gasteiger partial charge in [-0.15, -0.1) is 0 Å². The first-order chi connectivity index (χ1) is 23.4. The van der Waals surface area contributed by atoms with E-state index in [2.05, 4.69) is 36.5 Å². The highest BCUT2D eigenvalue weighted by Crippen LogP contribution is 2.16. The van der Waals surface area contributed by atoms with E-state index >= 15 is 0 Å². The summed E-state index contributed by atoms with van der Waals surface area (Å²) in [5.41, 5.74) is 3.80. The molecule has 0 aromatic rings. The van der Waals surface area contributed by atoms with E-state index in [1.54, 1.807) is 27.2 Å². The van der Waals surface area contributed by atoms with Gasteiger partial charge in [-0.05, 0) is 86.1 Å². The maximum absolute atomic E-state index is 11.8. The van der Waals surface area contributed by atoms with E-state index in [1.807, 2.05) is 104 Å². The molecule has 0 radical (unpaired) electrons. The van der Waals surface area contributed by atoms with Crippen molar-refractivity contribution in [1.29, 1.82) is 0 Å². The summed E-state index contributed by atoms with van der Waals surface area (Å²) >= 11 is 0. The molecule has 0 heterocycles. The van der Waals surface area contributed by atoms with Gasteiger partial charge in [-0.1, -0.05) is 110 Å². The molecule has 8 nitrogen and oxygen atoms in total. The van der Waals surface area contributed by atoms with E-state index in [-0.39, 0.29) is 24.0 Å². The Morgan fingerprint density at radius 1 is 0.840 bits per heavy atom. The molecule has 50 heavy (non-hydrogen) atoms. The number of ether oxygens (including phenoxy) is 3. The Labute approximate surface area is 302 Å². The van der Waals surface area contributed by atoms with Crippen molar-refractivity contribution in [3.8, 4) is 0 Å². The van der Waals surface area contributed by atoms with Crippen molar-refractivity contribution in [3.63, 3.8) is 0 Å². The van der Waals surface area contributed by atoms with E-state index < -0.39 is 23.8 Å². The highest BCUT2D eigenvalue weighted by atomic mass is 16.6. The molecule has 5 atom stereocenters. The van der Waals surface area contributed by atoms with Crippen molar-refractivity contribution in [2.24, 2.45) is 11.8 Å². The molecule has 280 valence electrons. The van der Waals surface area contributed by atoms with Crippen LogP contribution in [0.25, 0.3) is 0 Å². The van der Waals surface area contributed by atoms with Gasteiger partial charge in [-0.25, -0.2) is 9.59 Å². The number of alkyl carbamates (subject to hydrolysis) is 1. The smallest absolute Gasteiger partial charge is 0.407 e. The van der Waals surface area contributed by atoms with Gasteiger partial charge in [-0.2, -0.15) is 0 Å². The number of carbonyl (C=O) groups excluding carboxylic acids is 1. The van der Waals surface area contributed by atoms with Crippen LogP contribution in [0.2, 0.25) is 0 Å². The number of hydrogen-bond acceptors (Lipinski definition) is 6.